The normalized spacial score (nSPS) is 21.8. The molecule has 0 spiro atoms. The van der Waals surface area contributed by atoms with E-state index >= 15 is 0 Å². The topological polar surface area (TPSA) is 63.7 Å². The van der Waals surface area contributed by atoms with E-state index < -0.39 is 11.9 Å². The zero-order valence-electron chi connectivity index (χ0n) is 12.6. The van der Waals surface area contributed by atoms with Crippen LogP contribution in [0.1, 0.15) is 34.3 Å². The smallest absolute Gasteiger partial charge is 0.317 e. The number of hydrogen-bond donors (Lipinski definition) is 0. The fraction of sp³-hybridized carbons (Fsp3) is 0.471. The Kier molecular flexibility index (Phi) is 4.07. The number of hydrogen-bond acceptors (Lipinski definition) is 5. The first-order valence-electron chi connectivity index (χ1n) is 7.56. The molecular formula is C17H19NO4. The van der Waals surface area contributed by atoms with Crippen molar-refractivity contribution >= 4 is 17.5 Å². The Morgan fingerprint density at radius 3 is 2.86 bits per heavy atom. The van der Waals surface area contributed by atoms with Gasteiger partial charge in [-0.2, -0.15) is 0 Å². The van der Waals surface area contributed by atoms with E-state index in [0.29, 0.717) is 32.5 Å². The highest BCUT2D eigenvalue weighted by atomic mass is 16.5. The van der Waals surface area contributed by atoms with E-state index in [1.165, 1.54) is 7.11 Å². The maximum Gasteiger partial charge on any atom is 0.317 e. The van der Waals surface area contributed by atoms with Crippen LogP contribution in [-0.4, -0.2) is 42.6 Å². The number of piperidine rings is 1. The van der Waals surface area contributed by atoms with Crippen molar-refractivity contribution in [2.45, 2.75) is 25.8 Å². The molecule has 116 valence electrons. The molecule has 5 heteroatoms. The molecule has 0 bridgehead atoms. The van der Waals surface area contributed by atoms with Gasteiger partial charge in [0.05, 0.1) is 7.11 Å². The SMILES string of the molecule is COC(=O)C1CN(Cc2ccc3c(c2)C(=O)CC3)CCC1=O. The number of esters is 1. The fourth-order valence-electron chi connectivity index (χ4n) is 3.23. The fourth-order valence-corrected chi connectivity index (χ4v) is 3.23. The van der Waals surface area contributed by atoms with Crippen LogP contribution in [0.15, 0.2) is 18.2 Å². The zero-order chi connectivity index (χ0) is 15.7. The predicted octanol–water partition coefficient (Wildman–Crippen LogP) is 1.38. The van der Waals surface area contributed by atoms with E-state index in [1.54, 1.807) is 0 Å². The molecule has 2 aliphatic rings. The van der Waals surface area contributed by atoms with Gasteiger partial charge in [0.2, 0.25) is 0 Å². The summed E-state index contributed by atoms with van der Waals surface area (Å²) < 4.78 is 4.70. The van der Waals surface area contributed by atoms with Gasteiger partial charge in [-0.15, -0.1) is 0 Å². The number of benzene rings is 1. The van der Waals surface area contributed by atoms with Crippen molar-refractivity contribution in [1.82, 2.24) is 4.90 Å². The molecule has 1 heterocycles. The number of likely N-dealkylation sites (tertiary alicyclic amines) is 1. The van der Waals surface area contributed by atoms with Crippen LogP contribution in [0.2, 0.25) is 0 Å². The molecule has 1 aromatic rings. The van der Waals surface area contributed by atoms with Crippen LogP contribution in [-0.2, 0) is 27.3 Å². The second-order valence-corrected chi connectivity index (χ2v) is 5.94. The van der Waals surface area contributed by atoms with Gasteiger partial charge in [-0.25, -0.2) is 0 Å². The highest BCUT2D eigenvalue weighted by Gasteiger charge is 2.33. The lowest BCUT2D eigenvalue weighted by Gasteiger charge is -2.30. The van der Waals surface area contributed by atoms with Gasteiger partial charge < -0.3 is 4.74 Å². The molecule has 1 unspecified atom stereocenters. The van der Waals surface area contributed by atoms with Crippen LogP contribution < -0.4 is 0 Å². The Morgan fingerprint density at radius 2 is 2.09 bits per heavy atom. The van der Waals surface area contributed by atoms with Crippen LogP contribution in [0.25, 0.3) is 0 Å². The number of ether oxygens (including phenoxy) is 1. The van der Waals surface area contributed by atoms with Gasteiger partial charge in [0, 0.05) is 38.0 Å². The second-order valence-electron chi connectivity index (χ2n) is 5.94. The lowest BCUT2D eigenvalue weighted by atomic mass is 9.96. The molecule has 0 N–H and O–H groups in total. The monoisotopic (exact) mass is 301 g/mol. The summed E-state index contributed by atoms with van der Waals surface area (Å²) in [6.45, 7) is 1.66. The maximum absolute atomic E-state index is 11.8. The first-order valence-corrected chi connectivity index (χ1v) is 7.56. The van der Waals surface area contributed by atoms with Gasteiger partial charge in [-0.05, 0) is 23.6 Å². The van der Waals surface area contributed by atoms with Gasteiger partial charge >= 0.3 is 5.97 Å². The van der Waals surface area contributed by atoms with Crippen molar-refractivity contribution in [3.05, 3.63) is 34.9 Å². The highest BCUT2D eigenvalue weighted by Crippen LogP contribution is 2.24. The number of nitrogens with zero attached hydrogens (tertiary/aromatic N) is 1. The second kappa shape index (κ2) is 6.01. The first-order chi connectivity index (χ1) is 10.6. The summed E-state index contributed by atoms with van der Waals surface area (Å²) in [6.07, 6.45) is 1.79. The minimum absolute atomic E-state index is 0.0489. The molecule has 5 nitrogen and oxygen atoms in total. The Morgan fingerprint density at radius 1 is 1.27 bits per heavy atom. The minimum Gasteiger partial charge on any atom is -0.468 e. The molecule has 1 fully saturated rings. The van der Waals surface area contributed by atoms with Crippen LogP contribution in [0.5, 0.6) is 0 Å². The average molecular weight is 301 g/mol. The van der Waals surface area contributed by atoms with Crippen molar-refractivity contribution in [2.75, 3.05) is 20.2 Å². The number of Topliss-reactive ketones (excluding diaryl/α,β-unsaturated/α-hetero) is 2. The minimum atomic E-state index is -0.685. The number of aryl methyl sites for hydroxylation is 1. The van der Waals surface area contributed by atoms with Gasteiger partial charge in [-0.1, -0.05) is 12.1 Å². The van der Waals surface area contributed by atoms with E-state index in [0.717, 1.165) is 23.1 Å². The number of rotatable bonds is 3. The van der Waals surface area contributed by atoms with Crippen molar-refractivity contribution in [3.63, 3.8) is 0 Å². The lowest BCUT2D eigenvalue weighted by Crippen LogP contribution is -2.44. The van der Waals surface area contributed by atoms with Crippen molar-refractivity contribution in [2.24, 2.45) is 5.92 Å². The molecule has 22 heavy (non-hydrogen) atoms. The third-order valence-electron chi connectivity index (χ3n) is 4.49. The number of carbonyl (C=O) groups is 3. The summed E-state index contributed by atoms with van der Waals surface area (Å²) in [5, 5.41) is 0. The third kappa shape index (κ3) is 2.81. The summed E-state index contributed by atoms with van der Waals surface area (Å²) in [4.78, 5) is 37.4. The standard InChI is InChI=1S/C17H19NO4/c1-22-17(21)14-10-18(7-6-16(14)20)9-11-2-3-12-4-5-15(19)13(12)8-11/h2-3,8,14H,4-7,9-10H2,1H3. The van der Waals surface area contributed by atoms with E-state index in [2.05, 4.69) is 4.90 Å². The largest absolute Gasteiger partial charge is 0.468 e. The van der Waals surface area contributed by atoms with Crippen LogP contribution in [0.4, 0.5) is 0 Å². The Bertz CT molecular complexity index is 630. The summed E-state index contributed by atoms with van der Waals surface area (Å²) >= 11 is 0. The molecule has 0 aromatic heterocycles. The van der Waals surface area contributed by atoms with Crippen LogP contribution in [0, 0.1) is 5.92 Å². The molecule has 0 amide bonds. The molecule has 1 saturated heterocycles. The summed E-state index contributed by atoms with van der Waals surface area (Å²) in [5.74, 6) is -0.987. The van der Waals surface area contributed by atoms with Crippen molar-refractivity contribution < 1.29 is 19.1 Å². The number of ketones is 2. The Balaban J connectivity index is 1.71. The maximum atomic E-state index is 11.8. The van der Waals surface area contributed by atoms with Gasteiger partial charge in [0.15, 0.2) is 5.78 Å². The van der Waals surface area contributed by atoms with Gasteiger partial charge in [-0.3, -0.25) is 19.3 Å². The van der Waals surface area contributed by atoms with Crippen LogP contribution in [0.3, 0.4) is 0 Å². The van der Waals surface area contributed by atoms with E-state index in [-0.39, 0.29) is 11.6 Å². The van der Waals surface area contributed by atoms with Crippen molar-refractivity contribution in [1.29, 1.82) is 0 Å². The molecule has 1 atom stereocenters. The van der Waals surface area contributed by atoms with Gasteiger partial charge in [0.1, 0.15) is 11.7 Å². The average Bonchev–Trinajstić information content (AvgIpc) is 2.89. The molecule has 1 aliphatic carbocycles. The van der Waals surface area contributed by atoms with Crippen molar-refractivity contribution in [3.8, 4) is 0 Å². The first kappa shape index (κ1) is 14.9. The van der Waals surface area contributed by atoms with E-state index in [9.17, 15) is 14.4 Å². The molecule has 1 aromatic carbocycles. The summed E-state index contributed by atoms with van der Waals surface area (Å²) in [6, 6.07) is 6.00. The number of methoxy groups -OCH3 is 1. The quantitative estimate of drug-likeness (QED) is 0.623. The van der Waals surface area contributed by atoms with E-state index in [4.69, 9.17) is 4.74 Å². The highest BCUT2D eigenvalue weighted by molar-refractivity contribution is 6.00. The zero-order valence-corrected chi connectivity index (χ0v) is 12.6. The molecule has 3 rings (SSSR count). The molecular weight excluding hydrogens is 282 g/mol. The third-order valence-corrected chi connectivity index (χ3v) is 4.49. The summed E-state index contributed by atoms with van der Waals surface area (Å²) in [5.41, 5.74) is 3.00. The molecule has 0 radical (unpaired) electrons. The molecule has 0 saturated carbocycles. The number of carbonyl (C=O) groups excluding carboxylic acids is 3. The molecule has 1 aliphatic heterocycles. The Labute approximate surface area is 129 Å². The van der Waals surface area contributed by atoms with Gasteiger partial charge in [0.25, 0.3) is 0 Å². The number of fused-ring (bicyclic) bond motifs is 1. The van der Waals surface area contributed by atoms with Crippen LogP contribution >= 0.6 is 0 Å². The summed E-state index contributed by atoms with van der Waals surface area (Å²) in [7, 11) is 1.31. The van der Waals surface area contributed by atoms with E-state index in [1.807, 2.05) is 18.2 Å². The predicted molar refractivity (Wildman–Crippen MR) is 79.5 cm³/mol. The lowest BCUT2D eigenvalue weighted by molar-refractivity contribution is -0.152. The Hall–Kier alpha value is -2.01.